The molecule has 0 unspecified atom stereocenters. The van der Waals surface area contributed by atoms with Crippen molar-refractivity contribution < 1.29 is 39.2 Å². The van der Waals surface area contributed by atoms with Crippen LogP contribution in [0.5, 0.6) is 0 Å². The molecule has 202 valence electrons. The Morgan fingerprint density at radius 1 is 1.11 bits per heavy atom. The number of hydrogen-bond acceptors (Lipinski definition) is 7. The van der Waals surface area contributed by atoms with E-state index >= 15 is 0 Å². The lowest BCUT2D eigenvalue weighted by Crippen LogP contribution is -2.39. The molecule has 1 aliphatic heterocycles. The van der Waals surface area contributed by atoms with Crippen LogP contribution < -0.4 is 5.32 Å². The summed E-state index contributed by atoms with van der Waals surface area (Å²) in [7, 11) is 1.46. The van der Waals surface area contributed by atoms with Gasteiger partial charge in [0.25, 0.3) is 0 Å². The number of methoxy groups -OCH3 is 1. The number of hydrogen-bond donors (Lipinski definition) is 4. The molecule has 2 amide bonds. The number of rotatable bonds is 16. The predicted octanol–water partition coefficient (Wildman–Crippen LogP) is 2.71. The minimum absolute atomic E-state index is 0.0102. The number of amides is 2. The van der Waals surface area contributed by atoms with Crippen molar-refractivity contribution in [2.24, 2.45) is 17.8 Å². The Kier molecular flexibility index (Phi) is 14.1. The molecule has 1 aliphatic rings. The van der Waals surface area contributed by atoms with Crippen LogP contribution in [-0.2, 0) is 23.9 Å². The van der Waals surface area contributed by atoms with Crippen LogP contribution in [0.1, 0.15) is 65.7 Å². The fraction of sp³-hybridized carbons (Fsp3) is 0.630. The van der Waals surface area contributed by atoms with E-state index in [2.05, 4.69) is 5.32 Å². The number of carbonyl (C=O) groups is 4. The van der Waals surface area contributed by atoms with Gasteiger partial charge in [-0.3, -0.25) is 19.7 Å². The first-order valence-corrected chi connectivity index (χ1v) is 12.4. The van der Waals surface area contributed by atoms with Gasteiger partial charge < -0.3 is 20.1 Å². The molecule has 1 fully saturated rings. The van der Waals surface area contributed by atoms with E-state index in [1.807, 2.05) is 0 Å². The maximum absolute atomic E-state index is 12.6. The second-order valence-electron chi connectivity index (χ2n) is 9.54. The van der Waals surface area contributed by atoms with Crippen molar-refractivity contribution in [3.8, 4) is 0 Å². The Bertz CT molecular complexity index is 831. The summed E-state index contributed by atoms with van der Waals surface area (Å²) in [6.45, 7) is 5.18. The highest BCUT2D eigenvalue weighted by Crippen LogP contribution is 2.23. The van der Waals surface area contributed by atoms with Crippen LogP contribution in [0.4, 0.5) is 0 Å². The number of Topliss-reactive ketones (excluding diaryl/α,β-unsaturated/α-hetero) is 1. The van der Waals surface area contributed by atoms with Gasteiger partial charge in [0.2, 0.25) is 11.8 Å². The molecule has 1 rings (SSSR count). The van der Waals surface area contributed by atoms with Crippen molar-refractivity contribution >= 4 is 23.6 Å². The van der Waals surface area contributed by atoms with E-state index in [1.54, 1.807) is 45.1 Å². The maximum atomic E-state index is 12.6. The quantitative estimate of drug-likeness (QED) is 0.108. The zero-order valence-corrected chi connectivity index (χ0v) is 21.7. The largest absolute Gasteiger partial charge is 0.478 e. The third-order valence-corrected chi connectivity index (χ3v) is 6.48. The molecule has 1 saturated heterocycles. The van der Waals surface area contributed by atoms with Gasteiger partial charge in [0, 0.05) is 44.3 Å². The Balaban J connectivity index is 2.57. The van der Waals surface area contributed by atoms with Gasteiger partial charge in [-0.1, -0.05) is 38.2 Å². The third kappa shape index (κ3) is 11.4. The molecule has 0 aliphatic carbocycles. The number of unbranched alkanes of at least 4 members (excludes halogenated alkanes) is 1. The van der Waals surface area contributed by atoms with E-state index in [-0.39, 0.29) is 23.5 Å². The highest BCUT2D eigenvalue weighted by atomic mass is 16.5. The minimum Gasteiger partial charge on any atom is -0.478 e. The second-order valence-corrected chi connectivity index (χ2v) is 9.54. The average molecular weight is 508 g/mol. The van der Waals surface area contributed by atoms with E-state index in [0.717, 1.165) is 6.08 Å². The third-order valence-electron chi connectivity index (χ3n) is 6.48. The van der Waals surface area contributed by atoms with Crippen LogP contribution in [-0.4, -0.2) is 64.3 Å². The lowest BCUT2D eigenvalue weighted by molar-refractivity contribution is -0.135. The number of allylic oxidation sites excluding steroid dienone is 3. The summed E-state index contributed by atoms with van der Waals surface area (Å²) in [6.07, 6.45) is 8.46. The first kappa shape index (κ1) is 31.4. The molecule has 9 nitrogen and oxygen atoms in total. The highest BCUT2D eigenvalue weighted by molar-refractivity contribution is 5.97. The van der Waals surface area contributed by atoms with Crippen LogP contribution in [0.3, 0.4) is 0 Å². The zero-order chi connectivity index (χ0) is 27.3. The first-order chi connectivity index (χ1) is 17.0. The Labute approximate surface area is 213 Å². The topological polar surface area (TPSA) is 150 Å². The van der Waals surface area contributed by atoms with Gasteiger partial charge in [-0.25, -0.2) is 4.79 Å². The summed E-state index contributed by atoms with van der Waals surface area (Å²) in [6, 6.07) is 0. The maximum Gasteiger partial charge on any atom is 0.327 e. The van der Waals surface area contributed by atoms with Crippen LogP contribution in [0.25, 0.3) is 0 Å². The molecular formula is C27H41NO8. The summed E-state index contributed by atoms with van der Waals surface area (Å²) < 4.78 is 5.36. The van der Waals surface area contributed by atoms with E-state index in [9.17, 15) is 29.4 Å². The molecule has 0 spiro atoms. The molecular weight excluding hydrogens is 466 g/mol. The molecule has 5 atom stereocenters. The van der Waals surface area contributed by atoms with Gasteiger partial charge in [0.15, 0.2) is 0 Å². The molecule has 1 heterocycles. The van der Waals surface area contributed by atoms with Gasteiger partial charge in [0.05, 0.1) is 12.2 Å². The van der Waals surface area contributed by atoms with Crippen LogP contribution in [0.2, 0.25) is 0 Å². The molecule has 9 heteroatoms. The number of nitrogens with one attached hydrogen (secondary N) is 1. The monoisotopic (exact) mass is 507 g/mol. The number of ketones is 1. The van der Waals surface area contributed by atoms with Crippen LogP contribution in [0, 0.1) is 17.8 Å². The summed E-state index contributed by atoms with van der Waals surface area (Å²) in [5.41, 5.74) is 0.578. The van der Waals surface area contributed by atoms with Crippen molar-refractivity contribution in [1.29, 1.82) is 0 Å². The van der Waals surface area contributed by atoms with Crippen molar-refractivity contribution in [2.45, 2.75) is 84.0 Å². The molecule has 0 saturated carbocycles. The lowest BCUT2D eigenvalue weighted by Gasteiger charge is -2.29. The Morgan fingerprint density at radius 2 is 1.72 bits per heavy atom. The number of carbonyl (C=O) groups excluding carboxylic acids is 3. The molecule has 0 bridgehead atoms. The Hall–Kier alpha value is -2.62. The number of imide groups is 1. The summed E-state index contributed by atoms with van der Waals surface area (Å²) >= 11 is 0. The van der Waals surface area contributed by atoms with E-state index in [4.69, 9.17) is 9.84 Å². The van der Waals surface area contributed by atoms with E-state index in [1.165, 1.54) is 7.11 Å². The molecule has 0 aromatic heterocycles. The standard InChI is InChI=1S/C27H41NO8/c1-17(21(29)11-9-10-20-15-23(30)28-24(31)16-20)14-18(2)26(34)19(3)27(35)22(36-4)12-7-5-6-8-13-25(32)33/h7-8,12-14,17,19-20,22,26-27,34-35H,5-6,9-11,15-16H2,1-4H3,(H,32,33)(H,28,30,31)/b12-7+,13-8+,18-14+/t17-,19+,22+,26+,27+/m0/s1. The van der Waals surface area contributed by atoms with Crippen molar-refractivity contribution in [3.05, 3.63) is 36.0 Å². The van der Waals surface area contributed by atoms with Crippen molar-refractivity contribution in [1.82, 2.24) is 5.32 Å². The van der Waals surface area contributed by atoms with Crippen LogP contribution >= 0.6 is 0 Å². The van der Waals surface area contributed by atoms with Gasteiger partial charge >= 0.3 is 5.97 Å². The average Bonchev–Trinajstić information content (AvgIpc) is 2.81. The molecule has 0 aromatic carbocycles. The molecule has 4 N–H and O–H groups in total. The fourth-order valence-electron chi connectivity index (χ4n) is 4.28. The van der Waals surface area contributed by atoms with Gasteiger partial charge in [-0.15, -0.1) is 0 Å². The number of carboxylic acid groups (broad SMARTS) is 1. The smallest absolute Gasteiger partial charge is 0.327 e. The molecule has 0 aromatic rings. The zero-order valence-electron chi connectivity index (χ0n) is 21.7. The van der Waals surface area contributed by atoms with E-state index in [0.29, 0.717) is 50.5 Å². The normalized spacial score (nSPS) is 19.8. The Morgan fingerprint density at radius 3 is 2.31 bits per heavy atom. The molecule has 0 radical (unpaired) electrons. The highest BCUT2D eigenvalue weighted by Gasteiger charge is 2.30. The number of piperidine rings is 1. The SMILES string of the molecule is CO[C@H](/C=C/CC/C=C/C(=O)O)[C@H](O)[C@H](C)[C@H](O)/C(C)=C/[C@H](C)C(=O)CCCC1CC(=O)NC(=O)C1. The summed E-state index contributed by atoms with van der Waals surface area (Å²) in [4.78, 5) is 46.0. The van der Waals surface area contributed by atoms with Crippen molar-refractivity contribution in [3.63, 3.8) is 0 Å². The van der Waals surface area contributed by atoms with E-state index < -0.39 is 36.1 Å². The van der Waals surface area contributed by atoms with Crippen LogP contribution in [0.15, 0.2) is 36.0 Å². The number of ether oxygens (including phenoxy) is 1. The van der Waals surface area contributed by atoms with Gasteiger partial charge in [0.1, 0.15) is 11.9 Å². The molecule has 36 heavy (non-hydrogen) atoms. The van der Waals surface area contributed by atoms with Crippen molar-refractivity contribution in [2.75, 3.05) is 7.11 Å². The minimum atomic E-state index is -1.00. The fourth-order valence-corrected chi connectivity index (χ4v) is 4.28. The number of aliphatic carboxylic acids is 1. The first-order valence-electron chi connectivity index (χ1n) is 12.4. The number of aliphatic hydroxyl groups is 2. The predicted molar refractivity (Wildman–Crippen MR) is 135 cm³/mol. The summed E-state index contributed by atoms with van der Waals surface area (Å²) in [5, 5.41) is 32.4. The number of aliphatic hydroxyl groups excluding tert-OH is 2. The van der Waals surface area contributed by atoms with Gasteiger partial charge in [-0.2, -0.15) is 0 Å². The lowest BCUT2D eigenvalue weighted by atomic mass is 9.87. The summed E-state index contributed by atoms with van der Waals surface area (Å²) in [5.74, 6) is -2.54. The number of carboxylic acids is 1. The second kappa shape index (κ2) is 16.2. The van der Waals surface area contributed by atoms with Gasteiger partial charge in [-0.05, 0) is 44.1 Å².